The van der Waals surface area contributed by atoms with E-state index in [1.807, 2.05) is 18.3 Å². The number of ether oxygens (including phenoxy) is 1. The van der Waals surface area contributed by atoms with Gasteiger partial charge in [-0.2, -0.15) is 0 Å². The van der Waals surface area contributed by atoms with Crippen LogP contribution in [0.1, 0.15) is 50.7 Å². The van der Waals surface area contributed by atoms with Crippen molar-refractivity contribution in [1.29, 1.82) is 0 Å². The Bertz CT molecular complexity index is 544. The molecule has 106 valence electrons. The fourth-order valence-corrected chi connectivity index (χ4v) is 2.49. The van der Waals surface area contributed by atoms with Gasteiger partial charge in [-0.1, -0.05) is 33.8 Å². The normalized spacial score (nSPS) is 11.2. The van der Waals surface area contributed by atoms with E-state index in [1.54, 1.807) is 7.11 Å². The first-order valence-corrected chi connectivity index (χ1v) is 7.17. The number of methoxy groups -OCH3 is 1. The summed E-state index contributed by atoms with van der Waals surface area (Å²) in [7, 11) is 1.73. The molecule has 1 aromatic heterocycles. The lowest BCUT2D eigenvalue weighted by Gasteiger charge is -2.20. The van der Waals surface area contributed by atoms with Crippen molar-refractivity contribution in [2.75, 3.05) is 7.11 Å². The molecule has 0 N–H and O–H groups in total. The van der Waals surface area contributed by atoms with Gasteiger partial charge in [0.1, 0.15) is 5.75 Å². The van der Waals surface area contributed by atoms with Gasteiger partial charge in [-0.15, -0.1) is 0 Å². The second kappa shape index (κ2) is 6.08. The van der Waals surface area contributed by atoms with Crippen LogP contribution in [0.2, 0.25) is 0 Å². The quantitative estimate of drug-likeness (QED) is 0.779. The number of pyridine rings is 1. The third-order valence-corrected chi connectivity index (χ3v) is 3.57. The van der Waals surface area contributed by atoms with Crippen LogP contribution in [0.4, 0.5) is 0 Å². The molecular weight excluding hydrogens is 246 g/mol. The second-order valence-electron chi connectivity index (χ2n) is 5.71. The van der Waals surface area contributed by atoms with Crippen molar-refractivity contribution in [3.63, 3.8) is 0 Å². The first kappa shape index (κ1) is 14.6. The third kappa shape index (κ3) is 2.84. The zero-order chi connectivity index (χ0) is 14.7. The van der Waals surface area contributed by atoms with Gasteiger partial charge in [-0.25, -0.2) is 0 Å². The minimum Gasteiger partial charge on any atom is -0.497 e. The van der Waals surface area contributed by atoms with Crippen LogP contribution >= 0.6 is 0 Å². The molecule has 2 aromatic rings. The van der Waals surface area contributed by atoms with Crippen LogP contribution < -0.4 is 4.74 Å². The molecule has 1 aromatic carbocycles. The molecule has 20 heavy (non-hydrogen) atoms. The number of nitrogens with zero attached hydrogens (tertiary/aromatic N) is 1. The Hall–Kier alpha value is -1.83. The van der Waals surface area contributed by atoms with Gasteiger partial charge in [0.15, 0.2) is 0 Å². The summed E-state index contributed by atoms with van der Waals surface area (Å²) in [5, 5.41) is 0. The lowest BCUT2D eigenvalue weighted by molar-refractivity contribution is 0.413. The van der Waals surface area contributed by atoms with Gasteiger partial charge >= 0.3 is 0 Å². The summed E-state index contributed by atoms with van der Waals surface area (Å²) in [6.45, 7) is 8.85. The molecule has 2 rings (SSSR count). The Morgan fingerprint density at radius 2 is 1.55 bits per heavy atom. The predicted octanol–water partition coefficient (Wildman–Crippen LogP) is 5.00. The van der Waals surface area contributed by atoms with E-state index in [-0.39, 0.29) is 0 Å². The molecule has 0 radical (unpaired) electrons. The van der Waals surface area contributed by atoms with E-state index in [4.69, 9.17) is 4.74 Å². The molecule has 2 heteroatoms. The number of benzene rings is 1. The van der Waals surface area contributed by atoms with E-state index in [9.17, 15) is 0 Å². The molecule has 0 aliphatic rings. The monoisotopic (exact) mass is 269 g/mol. The molecule has 0 fully saturated rings. The standard InChI is InChI=1S/C18H23NO/c1-12(2)15-10-14(20-5)11-16(13(3)4)18(15)17-8-6-7-9-19-17/h6-13H,1-5H3. The van der Waals surface area contributed by atoms with Crippen molar-refractivity contribution in [2.24, 2.45) is 0 Å². The van der Waals surface area contributed by atoms with Gasteiger partial charge in [-0.05, 0) is 47.2 Å². The van der Waals surface area contributed by atoms with Crippen molar-refractivity contribution < 1.29 is 4.74 Å². The Morgan fingerprint density at radius 1 is 0.950 bits per heavy atom. The molecule has 0 spiro atoms. The molecule has 0 unspecified atom stereocenters. The zero-order valence-corrected chi connectivity index (χ0v) is 13.0. The van der Waals surface area contributed by atoms with E-state index in [0.29, 0.717) is 11.8 Å². The highest BCUT2D eigenvalue weighted by atomic mass is 16.5. The SMILES string of the molecule is COc1cc(C(C)C)c(-c2ccccn2)c(C(C)C)c1. The summed E-state index contributed by atoms with van der Waals surface area (Å²) in [6.07, 6.45) is 1.85. The van der Waals surface area contributed by atoms with Crippen LogP contribution in [0, 0.1) is 0 Å². The fourth-order valence-electron chi connectivity index (χ4n) is 2.49. The first-order chi connectivity index (χ1) is 9.54. The molecule has 0 aliphatic carbocycles. The average molecular weight is 269 g/mol. The summed E-state index contributed by atoms with van der Waals surface area (Å²) in [6, 6.07) is 10.4. The van der Waals surface area contributed by atoms with E-state index < -0.39 is 0 Å². The van der Waals surface area contributed by atoms with Gasteiger partial charge < -0.3 is 4.74 Å². The fraction of sp³-hybridized carbons (Fsp3) is 0.389. The van der Waals surface area contributed by atoms with Crippen molar-refractivity contribution in [1.82, 2.24) is 4.98 Å². The van der Waals surface area contributed by atoms with Gasteiger partial charge in [-0.3, -0.25) is 4.98 Å². The summed E-state index contributed by atoms with van der Waals surface area (Å²) < 4.78 is 5.47. The van der Waals surface area contributed by atoms with Gasteiger partial charge in [0.05, 0.1) is 12.8 Å². The van der Waals surface area contributed by atoms with E-state index >= 15 is 0 Å². The molecule has 1 heterocycles. The number of rotatable bonds is 4. The van der Waals surface area contributed by atoms with Crippen LogP contribution in [0.25, 0.3) is 11.3 Å². The van der Waals surface area contributed by atoms with Crippen molar-refractivity contribution in [2.45, 2.75) is 39.5 Å². The molecule has 2 nitrogen and oxygen atoms in total. The van der Waals surface area contributed by atoms with Crippen molar-refractivity contribution in [3.05, 3.63) is 47.7 Å². The summed E-state index contributed by atoms with van der Waals surface area (Å²) in [5.74, 6) is 1.79. The van der Waals surface area contributed by atoms with Gasteiger partial charge in [0.2, 0.25) is 0 Å². The summed E-state index contributed by atoms with van der Waals surface area (Å²) in [4.78, 5) is 4.55. The lowest BCUT2D eigenvalue weighted by Crippen LogP contribution is -2.02. The highest BCUT2D eigenvalue weighted by molar-refractivity contribution is 5.71. The van der Waals surface area contributed by atoms with E-state index in [2.05, 4.69) is 50.9 Å². The van der Waals surface area contributed by atoms with Crippen LogP contribution in [0.3, 0.4) is 0 Å². The molecule has 0 amide bonds. The topological polar surface area (TPSA) is 22.1 Å². The highest BCUT2D eigenvalue weighted by Crippen LogP contribution is 2.38. The highest BCUT2D eigenvalue weighted by Gasteiger charge is 2.18. The van der Waals surface area contributed by atoms with Gasteiger partial charge in [0.25, 0.3) is 0 Å². The maximum Gasteiger partial charge on any atom is 0.119 e. The smallest absolute Gasteiger partial charge is 0.119 e. The van der Waals surface area contributed by atoms with Crippen LogP contribution in [0.5, 0.6) is 5.75 Å². The predicted molar refractivity (Wildman–Crippen MR) is 84.4 cm³/mol. The average Bonchev–Trinajstić information content (AvgIpc) is 2.46. The number of hydrogen-bond acceptors (Lipinski definition) is 2. The van der Waals surface area contributed by atoms with Gasteiger partial charge in [0, 0.05) is 11.8 Å². The van der Waals surface area contributed by atoms with Crippen LogP contribution in [-0.2, 0) is 0 Å². The van der Waals surface area contributed by atoms with E-state index in [1.165, 1.54) is 16.7 Å². The molecule has 0 atom stereocenters. The summed E-state index contributed by atoms with van der Waals surface area (Å²) in [5.41, 5.74) is 4.90. The zero-order valence-electron chi connectivity index (χ0n) is 13.0. The molecule has 0 bridgehead atoms. The minimum atomic E-state index is 0.430. The molecule has 0 saturated carbocycles. The maximum absolute atomic E-state index is 5.47. The van der Waals surface area contributed by atoms with E-state index in [0.717, 1.165) is 11.4 Å². The molecular formula is C18H23NO. The maximum atomic E-state index is 5.47. The largest absolute Gasteiger partial charge is 0.497 e. The first-order valence-electron chi connectivity index (χ1n) is 7.17. The van der Waals surface area contributed by atoms with Crippen molar-refractivity contribution in [3.8, 4) is 17.0 Å². The Kier molecular flexibility index (Phi) is 4.43. The minimum absolute atomic E-state index is 0.430. The third-order valence-electron chi connectivity index (χ3n) is 3.57. The number of aromatic nitrogens is 1. The molecule has 0 aliphatic heterocycles. The Balaban J connectivity index is 2.75. The second-order valence-corrected chi connectivity index (χ2v) is 5.71. The Morgan fingerprint density at radius 3 is 1.95 bits per heavy atom. The number of hydrogen-bond donors (Lipinski definition) is 0. The Labute approximate surface area is 121 Å². The summed E-state index contributed by atoms with van der Waals surface area (Å²) >= 11 is 0. The molecule has 0 saturated heterocycles. The lowest BCUT2D eigenvalue weighted by atomic mass is 9.86. The van der Waals surface area contributed by atoms with Crippen LogP contribution in [-0.4, -0.2) is 12.1 Å². The van der Waals surface area contributed by atoms with Crippen LogP contribution in [0.15, 0.2) is 36.5 Å². The van der Waals surface area contributed by atoms with Crippen molar-refractivity contribution >= 4 is 0 Å².